The number of hydrogen-bond acceptors (Lipinski definition) is 9. The second kappa shape index (κ2) is 13.9. The van der Waals surface area contributed by atoms with Gasteiger partial charge in [-0.2, -0.15) is 0 Å². The summed E-state index contributed by atoms with van der Waals surface area (Å²) in [5, 5.41) is 30.6. The lowest BCUT2D eigenvalue weighted by molar-refractivity contribution is -0.388. The van der Waals surface area contributed by atoms with Crippen molar-refractivity contribution in [2.45, 2.75) is 61.7 Å². The summed E-state index contributed by atoms with van der Waals surface area (Å²) < 4.78 is 0. The molecular weight excluding hydrogens is 572 g/mol. The molecule has 2 N–H and O–H groups in total. The molecule has 2 aliphatic rings. The van der Waals surface area contributed by atoms with Crippen LogP contribution in [0, 0.1) is 20.2 Å². The van der Waals surface area contributed by atoms with E-state index in [1.165, 1.54) is 48.6 Å². The predicted molar refractivity (Wildman–Crippen MR) is 166 cm³/mol. The van der Waals surface area contributed by atoms with Gasteiger partial charge in [0.15, 0.2) is 0 Å². The van der Waals surface area contributed by atoms with Gasteiger partial charge in [0.2, 0.25) is 11.8 Å². The van der Waals surface area contributed by atoms with Gasteiger partial charge < -0.3 is 20.4 Å². The number of carbonyl (C=O) groups is 2. The topological polar surface area (TPSA) is 151 Å². The van der Waals surface area contributed by atoms with E-state index in [4.69, 9.17) is 0 Å². The molecule has 4 atom stereocenters. The fraction of sp³-hybridized carbons (Fsp3) is 0.400. The summed E-state index contributed by atoms with van der Waals surface area (Å²) in [7, 11) is 0. The summed E-state index contributed by atoms with van der Waals surface area (Å²) in [4.78, 5) is 52.0. The van der Waals surface area contributed by atoms with Crippen molar-refractivity contribution in [1.82, 2.24) is 20.4 Å². The summed E-state index contributed by atoms with van der Waals surface area (Å²) in [6.07, 6.45) is 5.88. The van der Waals surface area contributed by atoms with Crippen LogP contribution in [0.15, 0.2) is 58.3 Å². The third-order valence-corrected chi connectivity index (χ3v) is 8.28. The van der Waals surface area contributed by atoms with Crippen molar-refractivity contribution < 1.29 is 19.4 Å². The van der Waals surface area contributed by atoms with Gasteiger partial charge in [0.1, 0.15) is 0 Å². The minimum Gasteiger partial charge on any atom is -0.336 e. The fourth-order valence-corrected chi connectivity index (χ4v) is 6.40. The zero-order valence-corrected chi connectivity index (χ0v) is 25.4. The molecule has 0 saturated carbocycles. The summed E-state index contributed by atoms with van der Waals surface area (Å²) in [6, 6.07) is 9.67. The Hall–Kier alpha value is -4.07. The molecule has 2 fully saturated rings. The van der Waals surface area contributed by atoms with Crippen molar-refractivity contribution in [2.24, 2.45) is 0 Å². The number of hydrogen-bond donors (Lipinski definition) is 2. The van der Waals surface area contributed by atoms with Gasteiger partial charge in [-0.1, -0.05) is 23.9 Å². The van der Waals surface area contributed by atoms with E-state index >= 15 is 0 Å². The molecule has 2 heterocycles. The predicted octanol–water partition coefficient (Wildman–Crippen LogP) is 4.10. The van der Waals surface area contributed by atoms with Gasteiger partial charge >= 0.3 is 0 Å². The minimum atomic E-state index is -0.548. The maximum absolute atomic E-state index is 12.7. The van der Waals surface area contributed by atoms with Gasteiger partial charge in [-0.15, -0.1) is 0 Å². The van der Waals surface area contributed by atoms with E-state index in [2.05, 4.69) is 10.6 Å². The number of nitro groups is 2. The first kappa shape index (κ1) is 31.9. The lowest BCUT2D eigenvalue weighted by Gasteiger charge is -2.35. The number of amides is 2. The smallest absolute Gasteiger partial charge is 0.283 e. The molecule has 13 heteroatoms. The van der Waals surface area contributed by atoms with Crippen molar-refractivity contribution in [2.75, 3.05) is 26.2 Å². The van der Waals surface area contributed by atoms with Crippen molar-refractivity contribution in [3.8, 4) is 0 Å². The summed E-state index contributed by atoms with van der Waals surface area (Å²) in [6.45, 7) is 10.3. The van der Waals surface area contributed by atoms with E-state index < -0.39 is 9.85 Å². The van der Waals surface area contributed by atoms with E-state index in [1.54, 1.807) is 21.9 Å². The fourth-order valence-electron chi connectivity index (χ4n) is 5.41. The average Bonchev–Trinajstić information content (AvgIpc) is 2.94. The third-order valence-electron chi connectivity index (χ3n) is 7.15. The Kier molecular flexibility index (Phi) is 10.3. The van der Waals surface area contributed by atoms with Crippen molar-refractivity contribution in [3.05, 3.63) is 79.9 Å². The van der Waals surface area contributed by atoms with Gasteiger partial charge in [-0.3, -0.25) is 29.8 Å². The van der Waals surface area contributed by atoms with Gasteiger partial charge in [-0.25, -0.2) is 0 Å². The molecule has 12 nitrogen and oxygen atoms in total. The Morgan fingerprint density at radius 2 is 1.07 bits per heavy atom. The van der Waals surface area contributed by atoms with E-state index in [-0.39, 0.29) is 57.1 Å². The molecule has 2 amide bonds. The molecule has 2 aliphatic heterocycles. The van der Waals surface area contributed by atoms with E-state index in [0.717, 1.165) is 11.8 Å². The largest absolute Gasteiger partial charge is 0.336 e. The van der Waals surface area contributed by atoms with Crippen molar-refractivity contribution in [1.29, 1.82) is 0 Å². The molecule has 0 bridgehead atoms. The van der Waals surface area contributed by atoms with Crippen LogP contribution in [0.25, 0.3) is 12.2 Å². The molecule has 43 heavy (non-hydrogen) atoms. The number of nitro benzene ring substituents is 2. The number of nitrogens with one attached hydrogen (secondary N) is 2. The Bertz CT molecular complexity index is 1340. The number of carbonyl (C=O) groups excluding carboxylic acids is 2. The van der Waals surface area contributed by atoms with Crippen LogP contribution < -0.4 is 10.6 Å². The molecule has 0 aliphatic carbocycles. The Morgan fingerprint density at radius 1 is 0.721 bits per heavy atom. The van der Waals surface area contributed by atoms with Crippen LogP contribution >= 0.6 is 11.8 Å². The average molecular weight is 609 g/mol. The Morgan fingerprint density at radius 3 is 1.40 bits per heavy atom. The zero-order chi connectivity index (χ0) is 31.3. The molecule has 228 valence electrons. The molecule has 0 radical (unpaired) electrons. The summed E-state index contributed by atoms with van der Waals surface area (Å²) in [5.74, 6) is -0.352. The maximum atomic E-state index is 12.7. The first-order chi connectivity index (χ1) is 20.4. The molecule has 2 aromatic rings. The van der Waals surface area contributed by atoms with Crippen molar-refractivity contribution in [3.63, 3.8) is 0 Å². The van der Waals surface area contributed by atoms with E-state index in [9.17, 15) is 29.8 Å². The SMILES string of the molecule is CC1CN(C(=O)/C=C/c2ccc(Sc3ccc(/C=C/C(=O)N4CC(C)NC(C)C4)cc3[N+](=O)[O-])c([N+](=O)[O-])c2)CC(C)N1. The maximum Gasteiger partial charge on any atom is 0.283 e. The van der Waals surface area contributed by atoms with Crippen LogP contribution in [-0.4, -0.2) is 81.8 Å². The minimum absolute atomic E-state index is 0.167. The van der Waals surface area contributed by atoms with Crippen LogP contribution in [0.2, 0.25) is 0 Å². The number of benzene rings is 2. The van der Waals surface area contributed by atoms with Crippen LogP contribution in [0.5, 0.6) is 0 Å². The molecule has 0 spiro atoms. The molecule has 2 saturated heterocycles. The second-order valence-electron chi connectivity index (χ2n) is 11.2. The highest BCUT2D eigenvalue weighted by Gasteiger charge is 2.25. The number of nitrogens with zero attached hydrogens (tertiary/aromatic N) is 4. The van der Waals surface area contributed by atoms with E-state index in [1.807, 2.05) is 27.7 Å². The standard InChI is InChI=1S/C30H36N6O6S/c1-19-15-33(16-20(2)31-19)29(37)11-7-23-5-9-27(25(13-23)35(39)40)43-28-10-6-24(14-26(28)36(41)42)8-12-30(38)34-17-21(3)32-22(4)18-34/h5-14,19-22,31-32H,15-18H2,1-4H3/b11-7+,12-8+. The molecule has 2 aromatic carbocycles. The number of piperazine rings is 2. The van der Waals surface area contributed by atoms with Gasteiger partial charge in [0, 0.05) is 74.6 Å². The third kappa shape index (κ3) is 8.49. The quantitative estimate of drug-likeness (QED) is 0.256. The summed E-state index contributed by atoms with van der Waals surface area (Å²) in [5.41, 5.74) is 0.474. The molecule has 4 unspecified atom stereocenters. The lowest BCUT2D eigenvalue weighted by Crippen LogP contribution is -2.55. The highest BCUT2D eigenvalue weighted by atomic mass is 32.2. The van der Waals surface area contributed by atoms with Crippen LogP contribution in [0.4, 0.5) is 11.4 Å². The van der Waals surface area contributed by atoms with Crippen LogP contribution in [0.1, 0.15) is 38.8 Å². The van der Waals surface area contributed by atoms with Gasteiger partial charge in [0.25, 0.3) is 11.4 Å². The van der Waals surface area contributed by atoms with E-state index in [0.29, 0.717) is 37.3 Å². The molecule has 0 aromatic heterocycles. The van der Waals surface area contributed by atoms with Crippen molar-refractivity contribution >= 4 is 47.1 Å². The highest BCUT2D eigenvalue weighted by Crippen LogP contribution is 2.40. The Balaban J connectivity index is 1.50. The first-order valence-corrected chi connectivity index (χ1v) is 14.9. The van der Waals surface area contributed by atoms with Gasteiger partial charge in [0.05, 0.1) is 19.6 Å². The normalized spacial score (nSPS) is 22.7. The molecular formula is C30H36N6O6S. The van der Waals surface area contributed by atoms with Gasteiger partial charge in [-0.05, 0) is 63.1 Å². The lowest BCUT2D eigenvalue weighted by atomic mass is 10.1. The first-order valence-electron chi connectivity index (χ1n) is 14.1. The monoisotopic (exact) mass is 608 g/mol. The van der Waals surface area contributed by atoms with Crippen LogP contribution in [0.3, 0.4) is 0 Å². The summed E-state index contributed by atoms with van der Waals surface area (Å²) >= 11 is 0.914. The number of rotatable bonds is 8. The highest BCUT2D eigenvalue weighted by molar-refractivity contribution is 7.99. The zero-order valence-electron chi connectivity index (χ0n) is 24.6. The Labute approximate surface area is 254 Å². The second-order valence-corrected chi connectivity index (χ2v) is 12.2. The van der Waals surface area contributed by atoms with Crippen LogP contribution in [-0.2, 0) is 9.59 Å². The molecule has 4 rings (SSSR count).